The van der Waals surface area contributed by atoms with Crippen molar-refractivity contribution in [2.45, 2.75) is 78.0 Å². The van der Waals surface area contributed by atoms with E-state index < -0.39 is 0 Å². The van der Waals surface area contributed by atoms with Crippen molar-refractivity contribution in [2.75, 3.05) is 32.5 Å². The summed E-state index contributed by atoms with van der Waals surface area (Å²) < 4.78 is 19.0. The second-order valence-corrected chi connectivity index (χ2v) is 10.3. The second kappa shape index (κ2) is 14.1. The number of hydrogen-bond acceptors (Lipinski definition) is 8. The molecule has 2 aromatic heterocycles. The summed E-state index contributed by atoms with van der Waals surface area (Å²) >= 11 is 0. The highest BCUT2D eigenvalue weighted by Crippen LogP contribution is 2.28. The van der Waals surface area contributed by atoms with Gasteiger partial charge in [0.1, 0.15) is 6.61 Å². The SMILES string of the molecule is CCC[C@H](C)Oc1nc(N)c2nc(OC)n(CCCCC3CCN(C(=O)COCc4ccccc4)CC3)c2n1. The van der Waals surface area contributed by atoms with E-state index in [1.54, 1.807) is 7.11 Å². The van der Waals surface area contributed by atoms with Crippen LogP contribution in [0.5, 0.6) is 12.0 Å². The molecule has 39 heavy (non-hydrogen) atoms. The van der Waals surface area contributed by atoms with E-state index in [4.69, 9.17) is 19.9 Å². The molecule has 0 aliphatic carbocycles. The maximum absolute atomic E-state index is 12.5. The number of fused-ring (bicyclic) bond motifs is 1. The van der Waals surface area contributed by atoms with Crippen molar-refractivity contribution >= 4 is 22.9 Å². The molecule has 10 heteroatoms. The number of ether oxygens (including phenoxy) is 3. The Hall–Kier alpha value is -3.40. The minimum Gasteiger partial charge on any atom is -0.468 e. The molecule has 0 saturated carbocycles. The summed E-state index contributed by atoms with van der Waals surface area (Å²) in [6, 6.07) is 10.7. The number of nitrogens with zero attached hydrogens (tertiary/aromatic N) is 5. The Labute approximate surface area is 230 Å². The third-order valence-corrected chi connectivity index (χ3v) is 7.30. The molecule has 0 spiro atoms. The molecule has 0 bridgehead atoms. The van der Waals surface area contributed by atoms with E-state index in [-0.39, 0.29) is 24.6 Å². The average molecular weight is 539 g/mol. The van der Waals surface area contributed by atoms with Gasteiger partial charge in [-0.3, -0.25) is 9.36 Å². The fourth-order valence-corrected chi connectivity index (χ4v) is 5.13. The van der Waals surface area contributed by atoms with Crippen LogP contribution in [0.2, 0.25) is 0 Å². The lowest BCUT2D eigenvalue weighted by Crippen LogP contribution is -2.40. The number of nitrogens with two attached hydrogens (primary N) is 1. The Balaban J connectivity index is 1.22. The van der Waals surface area contributed by atoms with Gasteiger partial charge < -0.3 is 24.8 Å². The molecule has 10 nitrogen and oxygen atoms in total. The summed E-state index contributed by atoms with van der Waals surface area (Å²) in [6.45, 7) is 7.04. The largest absolute Gasteiger partial charge is 0.468 e. The number of benzene rings is 1. The van der Waals surface area contributed by atoms with Crippen molar-refractivity contribution < 1.29 is 19.0 Å². The first-order chi connectivity index (χ1) is 19.0. The molecule has 0 unspecified atom stereocenters. The summed E-state index contributed by atoms with van der Waals surface area (Å²) in [5, 5.41) is 0. The van der Waals surface area contributed by atoms with Gasteiger partial charge in [-0.2, -0.15) is 15.0 Å². The molecule has 1 atom stereocenters. The number of amides is 1. The lowest BCUT2D eigenvalue weighted by atomic mass is 9.91. The normalized spacial score (nSPS) is 15.0. The summed E-state index contributed by atoms with van der Waals surface area (Å²) in [7, 11) is 1.60. The zero-order valence-electron chi connectivity index (χ0n) is 23.5. The van der Waals surface area contributed by atoms with Crippen LogP contribution >= 0.6 is 0 Å². The van der Waals surface area contributed by atoms with Crippen LogP contribution in [0.3, 0.4) is 0 Å². The van der Waals surface area contributed by atoms with Crippen molar-refractivity contribution in [3.05, 3.63) is 35.9 Å². The van der Waals surface area contributed by atoms with E-state index >= 15 is 0 Å². The molecule has 0 radical (unpaired) electrons. The standard InChI is InChI=1S/C29H42N6O4/c1-4-10-21(2)39-28-32-26(30)25-27(33-28)35(29(31-25)37-3)16-9-8-11-22-14-17-34(18-15-22)24(36)20-38-19-23-12-6-5-7-13-23/h5-7,12-13,21-22H,4,8-11,14-20H2,1-3H3,(H2,30,32,33)/t21-/m0/s1. The first-order valence-electron chi connectivity index (χ1n) is 14.1. The topological polar surface area (TPSA) is 118 Å². The molecular weight excluding hydrogens is 496 g/mol. The summed E-state index contributed by atoms with van der Waals surface area (Å²) in [4.78, 5) is 27.9. The smallest absolute Gasteiger partial charge is 0.320 e. The fraction of sp³-hybridized carbons (Fsp3) is 0.586. The van der Waals surface area contributed by atoms with E-state index in [1.807, 2.05) is 46.7 Å². The minimum absolute atomic E-state index is 0.00800. The Morgan fingerprint density at radius 1 is 1.13 bits per heavy atom. The van der Waals surface area contributed by atoms with Crippen molar-refractivity contribution in [3.63, 3.8) is 0 Å². The number of carbonyl (C=O) groups is 1. The number of piperidine rings is 1. The van der Waals surface area contributed by atoms with Crippen molar-refractivity contribution in [2.24, 2.45) is 5.92 Å². The monoisotopic (exact) mass is 538 g/mol. The number of carbonyl (C=O) groups excluding carboxylic acids is 1. The number of likely N-dealkylation sites (tertiary alicyclic amines) is 1. The molecule has 212 valence electrons. The van der Waals surface area contributed by atoms with Crippen LogP contribution in [0.4, 0.5) is 5.82 Å². The van der Waals surface area contributed by atoms with Crippen LogP contribution in [0.1, 0.15) is 64.4 Å². The summed E-state index contributed by atoms with van der Waals surface area (Å²) in [6.07, 6.45) is 7.15. The number of nitrogen functional groups attached to an aromatic ring is 1. The molecular formula is C29H42N6O4. The van der Waals surface area contributed by atoms with Crippen LogP contribution in [-0.4, -0.2) is 63.2 Å². The van der Waals surface area contributed by atoms with Gasteiger partial charge in [-0.25, -0.2) is 0 Å². The Kier molecular flexibility index (Phi) is 10.4. The quantitative estimate of drug-likeness (QED) is 0.296. The highest BCUT2D eigenvalue weighted by Gasteiger charge is 2.23. The van der Waals surface area contributed by atoms with Crippen molar-refractivity contribution in [1.82, 2.24) is 24.4 Å². The van der Waals surface area contributed by atoms with Gasteiger partial charge in [-0.05, 0) is 44.1 Å². The average Bonchev–Trinajstić information content (AvgIpc) is 3.30. The van der Waals surface area contributed by atoms with Crippen molar-refractivity contribution in [3.8, 4) is 12.0 Å². The molecule has 2 N–H and O–H groups in total. The number of aromatic nitrogens is 4. The van der Waals surface area contributed by atoms with Crippen LogP contribution in [0.25, 0.3) is 11.2 Å². The number of rotatable bonds is 14. The number of anilines is 1. The van der Waals surface area contributed by atoms with Crippen LogP contribution in [-0.2, 0) is 22.7 Å². The predicted octanol–water partition coefficient (Wildman–Crippen LogP) is 4.61. The van der Waals surface area contributed by atoms with E-state index in [1.165, 1.54) is 0 Å². The van der Waals surface area contributed by atoms with Gasteiger partial charge in [0.25, 0.3) is 6.01 Å². The highest BCUT2D eigenvalue weighted by molar-refractivity contribution is 5.83. The van der Waals surface area contributed by atoms with Gasteiger partial charge in [-0.1, -0.05) is 56.5 Å². The first kappa shape index (κ1) is 28.6. The van der Waals surface area contributed by atoms with E-state index in [2.05, 4.69) is 21.9 Å². The van der Waals surface area contributed by atoms with Crippen LogP contribution in [0.15, 0.2) is 30.3 Å². The summed E-state index contributed by atoms with van der Waals surface area (Å²) in [5.41, 5.74) is 8.44. The summed E-state index contributed by atoms with van der Waals surface area (Å²) in [5.74, 6) is 0.999. The Morgan fingerprint density at radius 2 is 1.90 bits per heavy atom. The van der Waals surface area contributed by atoms with Gasteiger partial charge in [0.15, 0.2) is 17.0 Å². The molecule has 1 aliphatic heterocycles. The van der Waals surface area contributed by atoms with E-state index in [9.17, 15) is 4.79 Å². The zero-order valence-corrected chi connectivity index (χ0v) is 23.5. The number of hydrogen-bond donors (Lipinski definition) is 1. The van der Waals surface area contributed by atoms with E-state index in [0.717, 1.165) is 70.1 Å². The van der Waals surface area contributed by atoms with Gasteiger partial charge in [-0.15, -0.1) is 0 Å². The number of methoxy groups -OCH3 is 1. The van der Waals surface area contributed by atoms with Crippen LogP contribution in [0, 0.1) is 5.92 Å². The maximum atomic E-state index is 12.5. The molecule has 3 heterocycles. The Bertz CT molecular complexity index is 1190. The molecule has 4 rings (SSSR count). The molecule has 3 aromatic rings. The second-order valence-electron chi connectivity index (χ2n) is 10.3. The van der Waals surface area contributed by atoms with Crippen molar-refractivity contribution in [1.29, 1.82) is 0 Å². The predicted molar refractivity (Wildman–Crippen MR) is 151 cm³/mol. The maximum Gasteiger partial charge on any atom is 0.320 e. The van der Waals surface area contributed by atoms with E-state index in [0.29, 0.717) is 35.5 Å². The van der Waals surface area contributed by atoms with Gasteiger partial charge in [0.2, 0.25) is 5.91 Å². The molecule has 1 aromatic carbocycles. The number of unbranched alkanes of at least 4 members (excludes halogenated alkanes) is 1. The zero-order chi connectivity index (χ0) is 27.6. The third kappa shape index (κ3) is 7.81. The van der Waals surface area contributed by atoms with Crippen LogP contribution < -0.4 is 15.2 Å². The highest BCUT2D eigenvalue weighted by atomic mass is 16.5. The van der Waals surface area contributed by atoms with Gasteiger partial charge >= 0.3 is 6.01 Å². The number of imidazole rings is 1. The third-order valence-electron chi connectivity index (χ3n) is 7.30. The minimum atomic E-state index is 0.00800. The Morgan fingerprint density at radius 3 is 2.62 bits per heavy atom. The molecule has 1 amide bonds. The molecule has 1 saturated heterocycles. The number of aryl methyl sites for hydroxylation is 1. The lowest BCUT2D eigenvalue weighted by Gasteiger charge is -2.32. The van der Waals surface area contributed by atoms with Gasteiger partial charge in [0.05, 0.1) is 19.8 Å². The molecule has 1 aliphatic rings. The fourth-order valence-electron chi connectivity index (χ4n) is 5.13. The molecule has 1 fully saturated rings. The lowest BCUT2D eigenvalue weighted by molar-refractivity contribution is -0.138. The van der Waals surface area contributed by atoms with Gasteiger partial charge in [0, 0.05) is 19.6 Å². The first-order valence-corrected chi connectivity index (χ1v) is 14.1.